The van der Waals surface area contributed by atoms with Crippen molar-refractivity contribution in [3.8, 4) is 12.3 Å². The molecule has 0 bridgehead atoms. The number of aryl methyl sites for hydroxylation is 1. The smallest absolute Gasteiger partial charge is 0.322 e. The molecule has 0 spiro atoms. The minimum Gasteiger partial charge on any atom is -0.367 e. The fraction of sp³-hybridized carbons (Fsp3) is 0.455. The first-order valence-electron chi connectivity index (χ1n) is 5.10. The third kappa shape index (κ3) is 4.85. The summed E-state index contributed by atoms with van der Waals surface area (Å²) in [7, 11) is 1.70. The second-order valence-electron chi connectivity index (χ2n) is 3.44. The molecule has 17 heavy (non-hydrogen) atoms. The van der Waals surface area contributed by atoms with Crippen molar-refractivity contribution in [2.75, 3.05) is 32.1 Å². The van der Waals surface area contributed by atoms with Crippen LogP contribution >= 0.6 is 11.5 Å². The predicted molar refractivity (Wildman–Crippen MR) is 68.2 cm³/mol. The van der Waals surface area contributed by atoms with E-state index < -0.39 is 0 Å². The quantitative estimate of drug-likeness (QED) is 0.640. The van der Waals surface area contributed by atoms with Gasteiger partial charge in [0.05, 0.1) is 12.3 Å². The second-order valence-corrected chi connectivity index (χ2v) is 4.25. The van der Waals surface area contributed by atoms with Crippen molar-refractivity contribution in [2.24, 2.45) is 0 Å². The van der Waals surface area contributed by atoms with Crippen LogP contribution in [0.25, 0.3) is 0 Å². The zero-order valence-corrected chi connectivity index (χ0v) is 10.7. The first-order chi connectivity index (χ1) is 8.13. The van der Waals surface area contributed by atoms with Crippen LogP contribution < -0.4 is 5.32 Å². The van der Waals surface area contributed by atoms with E-state index in [0.29, 0.717) is 13.2 Å². The van der Waals surface area contributed by atoms with Gasteiger partial charge in [0.15, 0.2) is 0 Å². The molecule has 0 atom stereocenters. The van der Waals surface area contributed by atoms with E-state index in [2.05, 4.69) is 15.6 Å². The average molecular weight is 253 g/mol. The van der Waals surface area contributed by atoms with E-state index in [0.717, 1.165) is 10.7 Å². The molecule has 0 aliphatic rings. The Hall–Kier alpha value is -1.58. The minimum atomic E-state index is -0.182. The number of ether oxygens (including phenoxy) is 1. The molecule has 0 radical (unpaired) electrons. The van der Waals surface area contributed by atoms with Crippen LogP contribution in [0.3, 0.4) is 0 Å². The Kier molecular flexibility index (Phi) is 5.46. The van der Waals surface area contributed by atoms with Gasteiger partial charge < -0.3 is 9.64 Å². The van der Waals surface area contributed by atoms with E-state index in [9.17, 15) is 4.79 Å². The molecule has 92 valence electrons. The summed E-state index contributed by atoms with van der Waals surface area (Å²) >= 11 is 1.26. The lowest BCUT2D eigenvalue weighted by atomic mass is 10.5. The zero-order chi connectivity index (χ0) is 12.7. The number of carbonyl (C=O) groups is 1. The zero-order valence-electron chi connectivity index (χ0n) is 9.90. The molecule has 1 aromatic rings. The second kappa shape index (κ2) is 6.89. The fourth-order valence-corrected chi connectivity index (χ4v) is 1.71. The van der Waals surface area contributed by atoms with E-state index in [1.165, 1.54) is 16.4 Å². The molecule has 1 heterocycles. The highest BCUT2D eigenvalue weighted by Gasteiger charge is 2.09. The van der Waals surface area contributed by atoms with Crippen LogP contribution in [0, 0.1) is 19.3 Å². The number of carbonyl (C=O) groups excluding carboxylic acids is 1. The number of hydrogen-bond donors (Lipinski definition) is 1. The molecule has 0 fully saturated rings. The highest BCUT2D eigenvalue weighted by Crippen LogP contribution is 2.15. The van der Waals surface area contributed by atoms with Crippen LogP contribution in [0.5, 0.6) is 0 Å². The number of amides is 2. The summed E-state index contributed by atoms with van der Waals surface area (Å²) in [4.78, 5) is 13.2. The lowest BCUT2D eigenvalue weighted by Gasteiger charge is -2.16. The van der Waals surface area contributed by atoms with Crippen LogP contribution in [0.15, 0.2) is 6.07 Å². The van der Waals surface area contributed by atoms with E-state index in [-0.39, 0.29) is 12.6 Å². The van der Waals surface area contributed by atoms with Crippen LogP contribution in [-0.4, -0.2) is 42.1 Å². The van der Waals surface area contributed by atoms with E-state index in [4.69, 9.17) is 11.2 Å². The molecule has 0 unspecified atom stereocenters. The summed E-state index contributed by atoms with van der Waals surface area (Å²) in [5.74, 6) is 2.37. The van der Waals surface area contributed by atoms with Crippen LogP contribution in [0.4, 0.5) is 9.80 Å². The Labute approximate surface area is 105 Å². The Morgan fingerprint density at radius 2 is 2.53 bits per heavy atom. The molecule has 0 aromatic carbocycles. The number of nitrogens with zero attached hydrogens (tertiary/aromatic N) is 2. The summed E-state index contributed by atoms with van der Waals surface area (Å²) in [6.45, 7) is 3.06. The van der Waals surface area contributed by atoms with Crippen molar-refractivity contribution < 1.29 is 9.53 Å². The van der Waals surface area contributed by atoms with Crippen LogP contribution in [-0.2, 0) is 4.74 Å². The van der Waals surface area contributed by atoms with Gasteiger partial charge in [0.1, 0.15) is 11.6 Å². The summed E-state index contributed by atoms with van der Waals surface area (Å²) < 4.78 is 9.17. The molecule has 0 saturated carbocycles. The molecule has 0 aliphatic heterocycles. The highest BCUT2D eigenvalue weighted by atomic mass is 32.1. The number of urea groups is 1. The van der Waals surface area contributed by atoms with Crippen molar-refractivity contribution in [2.45, 2.75) is 6.92 Å². The van der Waals surface area contributed by atoms with E-state index in [1.807, 2.05) is 13.0 Å². The lowest BCUT2D eigenvalue weighted by molar-refractivity contribution is 0.143. The highest BCUT2D eigenvalue weighted by molar-refractivity contribution is 7.10. The number of terminal acetylenes is 1. The van der Waals surface area contributed by atoms with Crippen LogP contribution in [0.2, 0.25) is 0 Å². The van der Waals surface area contributed by atoms with Gasteiger partial charge in [-0.15, -0.1) is 6.42 Å². The summed E-state index contributed by atoms with van der Waals surface area (Å²) in [6.07, 6.45) is 5.04. The number of hydrogen-bond acceptors (Lipinski definition) is 4. The van der Waals surface area contributed by atoms with Gasteiger partial charge in [0.25, 0.3) is 0 Å². The van der Waals surface area contributed by atoms with Crippen molar-refractivity contribution in [3.63, 3.8) is 0 Å². The normalized spacial score (nSPS) is 9.71. The standard InChI is InChI=1S/C11H15N3O2S/c1-4-6-16-7-5-14(3)11(15)12-10-8-9(2)13-17-10/h1,8H,5-7H2,2-3H3,(H,12,15). The lowest BCUT2D eigenvalue weighted by Crippen LogP contribution is -2.33. The molecular weight excluding hydrogens is 238 g/mol. The maximum absolute atomic E-state index is 11.7. The maximum atomic E-state index is 11.7. The predicted octanol–water partition coefficient (Wildman–Crippen LogP) is 1.57. The van der Waals surface area contributed by atoms with Crippen LogP contribution in [0.1, 0.15) is 5.69 Å². The monoisotopic (exact) mass is 253 g/mol. The molecular formula is C11H15N3O2S. The first kappa shape index (κ1) is 13.5. The third-order valence-corrected chi connectivity index (χ3v) is 2.76. The number of anilines is 1. The van der Waals surface area contributed by atoms with Gasteiger partial charge in [-0.3, -0.25) is 5.32 Å². The van der Waals surface area contributed by atoms with Crippen molar-refractivity contribution >= 4 is 22.6 Å². The van der Waals surface area contributed by atoms with Gasteiger partial charge in [0, 0.05) is 13.6 Å². The molecule has 2 amide bonds. The Morgan fingerprint density at radius 3 is 3.12 bits per heavy atom. The number of nitrogens with one attached hydrogen (secondary N) is 1. The van der Waals surface area contributed by atoms with Crippen molar-refractivity contribution in [1.29, 1.82) is 0 Å². The van der Waals surface area contributed by atoms with Gasteiger partial charge in [-0.1, -0.05) is 5.92 Å². The summed E-state index contributed by atoms with van der Waals surface area (Å²) in [6, 6.07) is 1.64. The Morgan fingerprint density at radius 1 is 1.76 bits per heavy atom. The van der Waals surface area contributed by atoms with Gasteiger partial charge >= 0.3 is 6.03 Å². The van der Waals surface area contributed by atoms with E-state index in [1.54, 1.807) is 7.05 Å². The average Bonchev–Trinajstić information content (AvgIpc) is 2.70. The molecule has 1 N–H and O–H groups in total. The van der Waals surface area contributed by atoms with Crippen molar-refractivity contribution in [3.05, 3.63) is 11.8 Å². The maximum Gasteiger partial charge on any atom is 0.322 e. The fourth-order valence-electron chi connectivity index (χ4n) is 1.06. The first-order valence-corrected chi connectivity index (χ1v) is 5.87. The topological polar surface area (TPSA) is 54.5 Å². The number of likely N-dealkylation sites (N-methyl/N-ethyl adjacent to an activating group) is 1. The molecule has 1 aromatic heterocycles. The third-order valence-electron chi connectivity index (χ3n) is 1.96. The van der Waals surface area contributed by atoms with Gasteiger partial charge in [0.2, 0.25) is 0 Å². The molecule has 6 heteroatoms. The molecule has 0 saturated heterocycles. The van der Waals surface area contributed by atoms with E-state index >= 15 is 0 Å². The number of rotatable bonds is 5. The Bertz CT molecular complexity index is 411. The summed E-state index contributed by atoms with van der Waals surface area (Å²) in [5, 5.41) is 3.49. The number of aromatic nitrogens is 1. The Balaban J connectivity index is 2.30. The van der Waals surface area contributed by atoms with Gasteiger partial charge in [-0.25, -0.2) is 4.79 Å². The molecule has 1 rings (SSSR count). The largest absolute Gasteiger partial charge is 0.367 e. The van der Waals surface area contributed by atoms with Gasteiger partial charge in [-0.05, 0) is 24.5 Å². The SMILES string of the molecule is C#CCOCCN(C)C(=O)Nc1cc(C)ns1. The summed E-state index contributed by atoms with van der Waals surface area (Å²) in [5.41, 5.74) is 0.894. The van der Waals surface area contributed by atoms with Gasteiger partial charge in [-0.2, -0.15) is 4.37 Å². The minimum absolute atomic E-state index is 0.182. The van der Waals surface area contributed by atoms with Crippen molar-refractivity contribution in [1.82, 2.24) is 9.27 Å². The molecule has 5 nitrogen and oxygen atoms in total. The molecule has 0 aliphatic carbocycles.